The van der Waals surface area contributed by atoms with E-state index in [1.807, 2.05) is 0 Å². The fourth-order valence-electron chi connectivity index (χ4n) is 0.617. The molecule has 0 unspecified atom stereocenters. The molecule has 1 amide bonds. The van der Waals surface area contributed by atoms with Gasteiger partial charge >= 0.3 is 6.09 Å². The van der Waals surface area contributed by atoms with E-state index in [2.05, 4.69) is 4.99 Å². The Kier molecular flexibility index (Phi) is 1.26. The molecule has 0 aromatic rings. The monoisotopic (exact) mass is 130 g/mol. The van der Waals surface area contributed by atoms with Crippen LogP contribution in [0.1, 0.15) is 0 Å². The predicted octanol–water partition coefficient (Wildman–Crippen LogP) is -0.106. The van der Waals surface area contributed by atoms with Gasteiger partial charge in [0.25, 0.3) is 6.02 Å². The molecule has 50 valence electrons. The summed E-state index contributed by atoms with van der Waals surface area (Å²) in [6, 6.07) is -0.400. The molecule has 5 nitrogen and oxygen atoms in total. The summed E-state index contributed by atoms with van der Waals surface area (Å²) in [5, 5.41) is 16.9. The highest BCUT2D eigenvalue weighted by Crippen LogP contribution is 1.97. The van der Waals surface area contributed by atoms with Crippen molar-refractivity contribution in [3.05, 3.63) is 0 Å². The van der Waals surface area contributed by atoms with E-state index in [0.29, 0.717) is 6.54 Å². The van der Waals surface area contributed by atoms with Crippen molar-refractivity contribution in [2.24, 2.45) is 4.99 Å². The molecule has 0 aromatic heterocycles. The van der Waals surface area contributed by atoms with Crippen molar-refractivity contribution in [3.63, 3.8) is 0 Å². The molecule has 0 saturated carbocycles. The number of aliphatic imine (C=N–C) groups is 1. The van der Waals surface area contributed by atoms with Gasteiger partial charge in [-0.1, -0.05) is 0 Å². The lowest BCUT2D eigenvalue weighted by molar-refractivity contribution is 0.167. The molecule has 0 bridgehead atoms. The average Bonchev–Trinajstić information content (AvgIpc) is 2.13. The van der Waals surface area contributed by atoms with Gasteiger partial charge in [0.15, 0.2) is 0 Å². The zero-order valence-corrected chi connectivity index (χ0v) is 4.61. The van der Waals surface area contributed by atoms with Crippen LogP contribution in [0.3, 0.4) is 0 Å². The van der Waals surface area contributed by atoms with Gasteiger partial charge in [0.2, 0.25) is 0 Å². The second kappa shape index (κ2) is 1.93. The molecule has 0 fully saturated rings. The molecule has 1 heterocycles. The highest BCUT2D eigenvalue weighted by atomic mass is 16.4. The Balaban J connectivity index is 2.63. The lowest BCUT2D eigenvalue weighted by Crippen LogP contribution is -2.32. The maximum Gasteiger partial charge on any atom is 0.415 e. The zero-order valence-electron chi connectivity index (χ0n) is 4.61. The van der Waals surface area contributed by atoms with Crippen LogP contribution >= 0.6 is 0 Å². The summed E-state index contributed by atoms with van der Waals surface area (Å²) in [7, 11) is 0. The number of hydrogen-bond donors (Lipinski definition) is 2. The van der Waals surface area contributed by atoms with E-state index in [4.69, 9.17) is 10.2 Å². The minimum atomic E-state index is -1.16. The van der Waals surface area contributed by atoms with Crippen molar-refractivity contribution in [2.75, 3.05) is 13.1 Å². The van der Waals surface area contributed by atoms with E-state index in [9.17, 15) is 4.79 Å². The number of nitrogens with zero attached hydrogens (tertiary/aromatic N) is 2. The molecule has 0 spiro atoms. The van der Waals surface area contributed by atoms with Crippen LogP contribution in [0.15, 0.2) is 4.99 Å². The Morgan fingerprint density at radius 2 is 2.44 bits per heavy atom. The van der Waals surface area contributed by atoms with Crippen molar-refractivity contribution >= 4 is 12.1 Å². The average molecular weight is 130 g/mol. The topological polar surface area (TPSA) is 73.1 Å². The third-order valence-electron chi connectivity index (χ3n) is 1.05. The van der Waals surface area contributed by atoms with Gasteiger partial charge in [-0.05, 0) is 0 Å². The van der Waals surface area contributed by atoms with E-state index in [-0.39, 0.29) is 6.54 Å². The van der Waals surface area contributed by atoms with Crippen LogP contribution in [0.5, 0.6) is 0 Å². The van der Waals surface area contributed by atoms with Crippen molar-refractivity contribution in [3.8, 4) is 0 Å². The van der Waals surface area contributed by atoms with Gasteiger partial charge in [0, 0.05) is 0 Å². The Labute approximate surface area is 51.2 Å². The molecule has 1 rings (SSSR count). The lowest BCUT2D eigenvalue weighted by Gasteiger charge is -2.06. The summed E-state index contributed by atoms with van der Waals surface area (Å²) in [6.45, 7) is 0.624. The van der Waals surface area contributed by atoms with Crippen LogP contribution in [-0.2, 0) is 0 Å². The van der Waals surface area contributed by atoms with E-state index in [0.717, 1.165) is 4.90 Å². The van der Waals surface area contributed by atoms with E-state index >= 15 is 0 Å². The van der Waals surface area contributed by atoms with Crippen LogP contribution in [0.4, 0.5) is 4.79 Å². The molecular formula is C4H6N2O3. The predicted molar refractivity (Wildman–Crippen MR) is 29.7 cm³/mol. The first kappa shape index (κ1) is 5.87. The molecule has 9 heavy (non-hydrogen) atoms. The summed E-state index contributed by atoms with van der Waals surface area (Å²) >= 11 is 0. The summed E-state index contributed by atoms with van der Waals surface area (Å²) < 4.78 is 0. The maximum atomic E-state index is 10.1. The Morgan fingerprint density at radius 1 is 1.78 bits per heavy atom. The van der Waals surface area contributed by atoms with Gasteiger partial charge in [-0.25, -0.2) is 14.7 Å². The number of hydrogen-bond acceptors (Lipinski definition) is 2. The Morgan fingerprint density at radius 3 is 2.67 bits per heavy atom. The van der Waals surface area contributed by atoms with Crippen molar-refractivity contribution in [2.45, 2.75) is 0 Å². The molecule has 5 heteroatoms. The van der Waals surface area contributed by atoms with Crippen molar-refractivity contribution < 1.29 is 15.0 Å². The number of aliphatic hydroxyl groups is 1. The summed E-state index contributed by atoms with van der Waals surface area (Å²) in [5.74, 6) is 0. The quantitative estimate of drug-likeness (QED) is 0.480. The first-order valence-electron chi connectivity index (χ1n) is 2.45. The second-order valence-electron chi connectivity index (χ2n) is 1.62. The first-order chi connectivity index (χ1) is 4.22. The largest absolute Gasteiger partial charge is 0.480 e. The number of rotatable bonds is 0. The smallest absolute Gasteiger partial charge is 0.415 e. The van der Waals surface area contributed by atoms with Crippen LogP contribution in [0.25, 0.3) is 0 Å². The SMILES string of the molecule is O=C(O)N1CCN=C1O. The molecular weight excluding hydrogens is 124 g/mol. The van der Waals surface area contributed by atoms with Gasteiger partial charge in [-0.2, -0.15) is 0 Å². The van der Waals surface area contributed by atoms with Gasteiger partial charge in [-0.3, -0.25) is 0 Å². The van der Waals surface area contributed by atoms with Crippen LogP contribution in [0, 0.1) is 0 Å². The molecule has 0 atom stereocenters. The molecule has 0 radical (unpaired) electrons. The molecule has 0 aliphatic carbocycles. The zero-order chi connectivity index (χ0) is 6.85. The number of carbonyl (C=O) groups is 1. The van der Waals surface area contributed by atoms with Crippen molar-refractivity contribution in [1.29, 1.82) is 0 Å². The van der Waals surface area contributed by atoms with Crippen LogP contribution in [-0.4, -0.2) is 40.3 Å². The third-order valence-corrected chi connectivity index (χ3v) is 1.05. The van der Waals surface area contributed by atoms with Gasteiger partial charge in [-0.15, -0.1) is 0 Å². The number of aliphatic hydroxyl groups excluding tert-OH is 1. The lowest BCUT2D eigenvalue weighted by atomic mass is 10.6. The fourth-order valence-corrected chi connectivity index (χ4v) is 0.617. The molecule has 1 aliphatic heterocycles. The van der Waals surface area contributed by atoms with Gasteiger partial charge in [0.1, 0.15) is 0 Å². The molecule has 1 aliphatic rings. The summed E-state index contributed by atoms with van der Waals surface area (Å²) in [5.41, 5.74) is 0. The van der Waals surface area contributed by atoms with Crippen LogP contribution in [0.2, 0.25) is 0 Å². The van der Waals surface area contributed by atoms with E-state index < -0.39 is 12.1 Å². The summed E-state index contributed by atoms with van der Waals surface area (Å²) in [6.07, 6.45) is -1.16. The highest BCUT2D eigenvalue weighted by molar-refractivity contribution is 5.89. The van der Waals surface area contributed by atoms with Crippen molar-refractivity contribution in [1.82, 2.24) is 4.90 Å². The maximum absolute atomic E-state index is 10.1. The second-order valence-corrected chi connectivity index (χ2v) is 1.62. The number of amides is 1. The van der Waals surface area contributed by atoms with E-state index in [1.54, 1.807) is 0 Å². The van der Waals surface area contributed by atoms with E-state index in [1.165, 1.54) is 0 Å². The highest BCUT2D eigenvalue weighted by Gasteiger charge is 2.21. The van der Waals surface area contributed by atoms with Gasteiger partial charge < -0.3 is 10.2 Å². The molecule has 0 saturated heterocycles. The normalized spacial score (nSPS) is 17.8. The Bertz CT molecular complexity index is 165. The third kappa shape index (κ3) is 0.933. The first-order valence-corrected chi connectivity index (χ1v) is 2.45. The standard InChI is InChI=1S/C4H6N2O3/c7-3-5-1-2-6(3)4(8)9/h1-2H2,(H,5,7)(H,8,9). The Hall–Kier alpha value is -1.26. The summed E-state index contributed by atoms with van der Waals surface area (Å²) in [4.78, 5) is 14.3. The minimum Gasteiger partial charge on any atom is -0.480 e. The molecule has 2 N–H and O–H groups in total. The fraction of sp³-hybridized carbons (Fsp3) is 0.500. The number of amidine groups is 1. The van der Waals surface area contributed by atoms with Crippen LogP contribution < -0.4 is 0 Å². The number of carboxylic acid groups (broad SMARTS) is 1. The molecule has 0 aromatic carbocycles. The minimum absolute atomic E-state index is 0.265. The van der Waals surface area contributed by atoms with Gasteiger partial charge in [0.05, 0.1) is 13.1 Å².